The average molecular weight is 163 g/mol. The lowest BCUT2D eigenvalue weighted by Gasteiger charge is -2.03. The Kier molecular flexibility index (Phi) is 3.50. The van der Waals surface area contributed by atoms with Gasteiger partial charge in [-0.15, -0.1) is 11.6 Å². The van der Waals surface area contributed by atoms with Gasteiger partial charge in [0, 0.05) is 0 Å². The van der Waals surface area contributed by atoms with Crippen molar-refractivity contribution in [1.29, 1.82) is 0 Å². The van der Waals surface area contributed by atoms with Crippen LogP contribution in [0.2, 0.25) is 0 Å². The smallest absolute Gasteiger partial charge is 0.0972 e. The van der Waals surface area contributed by atoms with E-state index in [9.17, 15) is 0 Å². The lowest BCUT2D eigenvalue weighted by Crippen LogP contribution is -2.06. The van der Waals surface area contributed by atoms with E-state index in [2.05, 4.69) is 6.92 Å². The summed E-state index contributed by atoms with van der Waals surface area (Å²) in [7, 11) is 0. The molecular weight excluding hydrogens is 148 g/mol. The third-order valence-corrected chi connectivity index (χ3v) is 2.35. The molecule has 1 saturated heterocycles. The first-order valence-corrected chi connectivity index (χ1v) is 4.54. The van der Waals surface area contributed by atoms with E-state index in [0.717, 1.165) is 13.0 Å². The second-order valence-corrected chi connectivity index (χ2v) is 3.44. The summed E-state index contributed by atoms with van der Waals surface area (Å²) in [5, 5.41) is 0.284. The molecule has 0 unspecified atom stereocenters. The molecule has 0 aromatic rings. The molecule has 0 saturated carbocycles. The Morgan fingerprint density at radius 3 is 2.80 bits per heavy atom. The summed E-state index contributed by atoms with van der Waals surface area (Å²) in [6.45, 7) is 3.09. The molecule has 0 aromatic carbocycles. The second-order valence-electron chi connectivity index (χ2n) is 2.88. The minimum atomic E-state index is 0.284. The number of alkyl halides is 1. The van der Waals surface area contributed by atoms with Gasteiger partial charge in [-0.2, -0.15) is 0 Å². The van der Waals surface area contributed by atoms with Crippen LogP contribution in [0.3, 0.4) is 0 Å². The molecule has 10 heavy (non-hydrogen) atoms. The number of epoxide rings is 1. The average Bonchev–Trinajstić information content (AvgIpc) is 2.69. The molecule has 1 rings (SSSR count). The molecule has 2 heteroatoms. The Bertz CT molecular complexity index is 91.3. The van der Waals surface area contributed by atoms with Crippen molar-refractivity contribution < 1.29 is 4.74 Å². The zero-order valence-electron chi connectivity index (χ0n) is 6.48. The fraction of sp³-hybridized carbons (Fsp3) is 1.00. The number of ether oxygens (including phenoxy) is 1. The largest absolute Gasteiger partial charge is 0.372 e. The third kappa shape index (κ3) is 2.89. The van der Waals surface area contributed by atoms with Gasteiger partial charge in [0.05, 0.1) is 18.1 Å². The van der Waals surface area contributed by atoms with Crippen LogP contribution in [-0.4, -0.2) is 18.1 Å². The Morgan fingerprint density at radius 1 is 1.60 bits per heavy atom. The SMILES string of the molecule is CCCCC[C@@H](Cl)[C@H]1CO1. The topological polar surface area (TPSA) is 12.5 Å². The summed E-state index contributed by atoms with van der Waals surface area (Å²) in [6.07, 6.45) is 5.34. The lowest BCUT2D eigenvalue weighted by atomic mass is 10.1. The molecule has 2 atom stereocenters. The zero-order valence-corrected chi connectivity index (χ0v) is 7.23. The molecular formula is C8H15ClO. The molecule has 1 nitrogen and oxygen atoms in total. The van der Waals surface area contributed by atoms with Crippen LogP contribution in [0.1, 0.15) is 32.6 Å². The van der Waals surface area contributed by atoms with Gasteiger partial charge in [-0.3, -0.25) is 0 Å². The van der Waals surface area contributed by atoms with Crippen LogP contribution in [0, 0.1) is 0 Å². The molecule has 0 N–H and O–H groups in total. The summed E-state index contributed by atoms with van der Waals surface area (Å²) in [5.74, 6) is 0. The van der Waals surface area contributed by atoms with Crippen LogP contribution < -0.4 is 0 Å². The van der Waals surface area contributed by atoms with Gasteiger partial charge in [-0.25, -0.2) is 0 Å². The maximum atomic E-state index is 5.99. The molecule has 0 aliphatic carbocycles. The summed E-state index contributed by atoms with van der Waals surface area (Å²) in [4.78, 5) is 0. The molecule has 0 radical (unpaired) electrons. The summed E-state index contributed by atoms with van der Waals surface area (Å²) in [6, 6.07) is 0. The van der Waals surface area contributed by atoms with Crippen LogP contribution >= 0.6 is 11.6 Å². The van der Waals surface area contributed by atoms with Crippen molar-refractivity contribution >= 4 is 11.6 Å². The van der Waals surface area contributed by atoms with Crippen LogP contribution in [0.15, 0.2) is 0 Å². The van der Waals surface area contributed by atoms with E-state index in [0.29, 0.717) is 6.10 Å². The van der Waals surface area contributed by atoms with Crippen molar-refractivity contribution in [2.24, 2.45) is 0 Å². The maximum Gasteiger partial charge on any atom is 0.0972 e. The molecule has 1 aliphatic heterocycles. The highest BCUT2D eigenvalue weighted by Crippen LogP contribution is 2.23. The Morgan fingerprint density at radius 2 is 2.30 bits per heavy atom. The molecule has 60 valence electrons. The minimum absolute atomic E-state index is 0.284. The van der Waals surface area contributed by atoms with Crippen molar-refractivity contribution in [2.75, 3.05) is 6.61 Å². The highest BCUT2D eigenvalue weighted by atomic mass is 35.5. The summed E-state index contributed by atoms with van der Waals surface area (Å²) in [5.41, 5.74) is 0. The van der Waals surface area contributed by atoms with Gasteiger partial charge in [0.1, 0.15) is 0 Å². The molecule has 1 aliphatic rings. The first-order valence-electron chi connectivity index (χ1n) is 4.10. The van der Waals surface area contributed by atoms with E-state index in [1.165, 1.54) is 19.3 Å². The van der Waals surface area contributed by atoms with Gasteiger partial charge in [0.15, 0.2) is 0 Å². The standard InChI is InChI=1S/C8H15ClO/c1-2-3-4-5-7(9)8-6-10-8/h7-8H,2-6H2,1H3/t7-,8-/m1/s1. The maximum absolute atomic E-state index is 5.99. The van der Waals surface area contributed by atoms with Crippen LogP contribution in [0.25, 0.3) is 0 Å². The van der Waals surface area contributed by atoms with Crippen molar-refractivity contribution in [2.45, 2.75) is 44.1 Å². The molecule has 0 aromatic heterocycles. The van der Waals surface area contributed by atoms with Crippen molar-refractivity contribution in [3.05, 3.63) is 0 Å². The highest BCUT2D eigenvalue weighted by Gasteiger charge is 2.30. The Balaban J connectivity index is 1.90. The van der Waals surface area contributed by atoms with Crippen molar-refractivity contribution in [3.8, 4) is 0 Å². The minimum Gasteiger partial charge on any atom is -0.372 e. The third-order valence-electron chi connectivity index (χ3n) is 1.85. The molecule has 0 bridgehead atoms. The van der Waals surface area contributed by atoms with E-state index >= 15 is 0 Å². The number of halogens is 1. The van der Waals surface area contributed by atoms with Gasteiger partial charge in [0.2, 0.25) is 0 Å². The fourth-order valence-corrected chi connectivity index (χ4v) is 1.34. The number of unbranched alkanes of at least 4 members (excludes halogenated alkanes) is 2. The van der Waals surface area contributed by atoms with Gasteiger partial charge < -0.3 is 4.74 Å². The lowest BCUT2D eigenvalue weighted by molar-refractivity contribution is 0.391. The van der Waals surface area contributed by atoms with Crippen LogP contribution in [-0.2, 0) is 4.74 Å². The Labute approximate surface area is 67.7 Å². The normalized spacial score (nSPS) is 26.4. The zero-order chi connectivity index (χ0) is 7.40. The van der Waals surface area contributed by atoms with E-state index in [4.69, 9.17) is 16.3 Å². The number of hydrogen-bond acceptors (Lipinski definition) is 1. The van der Waals surface area contributed by atoms with Crippen LogP contribution in [0.5, 0.6) is 0 Å². The van der Waals surface area contributed by atoms with Crippen molar-refractivity contribution in [3.63, 3.8) is 0 Å². The van der Waals surface area contributed by atoms with Gasteiger partial charge in [-0.1, -0.05) is 26.2 Å². The van der Waals surface area contributed by atoms with Gasteiger partial charge >= 0.3 is 0 Å². The molecule has 0 amide bonds. The predicted molar refractivity (Wildman–Crippen MR) is 43.5 cm³/mol. The van der Waals surface area contributed by atoms with E-state index < -0.39 is 0 Å². The highest BCUT2D eigenvalue weighted by molar-refractivity contribution is 6.21. The summed E-state index contributed by atoms with van der Waals surface area (Å²) >= 11 is 5.99. The first kappa shape index (κ1) is 8.35. The number of hydrogen-bond donors (Lipinski definition) is 0. The molecule has 1 fully saturated rings. The first-order chi connectivity index (χ1) is 4.84. The molecule has 1 heterocycles. The predicted octanol–water partition coefficient (Wildman–Crippen LogP) is 2.57. The fourth-order valence-electron chi connectivity index (χ4n) is 1.04. The quantitative estimate of drug-likeness (QED) is 0.344. The van der Waals surface area contributed by atoms with Gasteiger partial charge in [-0.05, 0) is 6.42 Å². The number of rotatable bonds is 5. The van der Waals surface area contributed by atoms with Crippen molar-refractivity contribution in [1.82, 2.24) is 0 Å². The van der Waals surface area contributed by atoms with Crippen LogP contribution in [0.4, 0.5) is 0 Å². The molecule has 0 spiro atoms. The summed E-state index contributed by atoms with van der Waals surface area (Å²) < 4.78 is 5.07. The monoisotopic (exact) mass is 162 g/mol. The Hall–Kier alpha value is 0.250. The van der Waals surface area contributed by atoms with E-state index in [1.807, 2.05) is 0 Å². The second kappa shape index (κ2) is 4.20. The van der Waals surface area contributed by atoms with E-state index in [-0.39, 0.29) is 5.38 Å². The van der Waals surface area contributed by atoms with Gasteiger partial charge in [0.25, 0.3) is 0 Å². The van der Waals surface area contributed by atoms with E-state index in [1.54, 1.807) is 0 Å².